The summed E-state index contributed by atoms with van der Waals surface area (Å²) in [4.78, 5) is 19.1. The average molecular weight is 332 g/mol. The lowest BCUT2D eigenvalue weighted by molar-refractivity contribution is -0.0270. The van der Waals surface area contributed by atoms with Gasteiger partial charge in [-0.1, -0.05) is 13.8 Å². The highest BCUT2D eigenvalue weighted by atomic mass is 16.5. The minimum Gasteiger partial charge on any atom is -0.366 e. The quantitative estimate of drug-likeness (QED) is 0.920. The molecule has 1 amide bonds. The van der Waals surface area contributed by atoms with Gasteiger partial charge < -0.3 is 9.64 Å². The number of nitrogens with one attached hydrogen (secondary N) is 1. The molecule has 1 aliphatic rings. The van der Waals surface area contributed by atoms with Gasteiger partial charge in [-0.2, -0.15) is 10.2 Å². The SMILES string of the molecule is CCn1nc(C(C)C)cc1C(=O)N1CCO[C@H](c2n[nH]c(C)n2)C1. The largest absolute Gasteiger partial charge is 0.366 e. The van der Waals surface area contributed by atoms with Gasteiger partial charge in [0.15, 0.2) is 5.82 Å². The molecule has 0 bridgehead atoms. The molecule has 0 aliphatic carbocycles. The first kappa shape index (κ1) is 16.6. The van der Waals surface area contributed by atoms with Crippen molar-refractivity contribution >= 4 is 5.91 Å². The molecule has 130 valence electrons. The Hall–Kier alpha value is -2.22. The second kappa shape index (κ2) is 6.72. The molecule has 1 N–H and O–H groups in total. The molecule has 2 aromatic heterocycles. The number of aromatic amines is 1. The maximum atomic E-state index is 13.0. The molecule has 8 heteroatoms. The minimum absolute atomic E-state index is 0.0168. The third-order valence-corrected chi connectivity index (χ3v) is 4.17. The molecule has 0 saturated carbocycles. The van der Waals surface area contributed by atoms with E-state index in [-0.39, 0.29) is 17.9 Å². The van der Waals surface area contributed by atoms with E-state index in [1.807, 2.05) is 19.9 Å². The number of morpholine rings is 1. The molecule has 0 unspecified atom stereocenters. The fraction of sp³-hybridized carbons (Fsp3) is 0.625. The zero-order valence-electron chi connectivity index (χ0n) is 14.6. The predicted molar refractivity (Wildman–Crippen MR) is 87.7 cm³/mol. The van der Waals surface area contributed by atoms with E-state index in [0.29, 0.717) is 37.8 Å². The third-order valence-electron chi connectivity index (χ3n) is 4.17. The van der Waals surface area contributed by atoms with Crippen molar-refractivity contribution in [3.63, 3.8) is 0 Å². The fourth-order valence-electron chi connectivity index (χ4n) is 2.79. The summed E-state index contributed by atoms with van der Waals surface area (Å²) in [6.07, 6.45) is -0.296. The Morgan fingerprint density at radius 2 is 2.29 bits per heavy atom. The normalized spacial score (nSPS) is 18.4. The summed E-state index contributed by atoms with van der Waals surface area (Å²) in [6, 6.07) is 1.90. The van der Waals surface area contributed by atoms with Gasteiger partial charge in [-0.25, -0.2) is 4.98 Å². The van der Waals surface area contributed by atoms with Crippen molar-refractivity contribution in [1.82, 2.24) is 29.9 Å². The third kappa shape index (κ3) is 3.19. The minimum atomic E-state index is -0.296. The Morgan fingerprint density at radius 1 is 1.50 bits per heavy atom. The summed E-state index contributed by atoms with van der Waals surface area (Å²) >= 11 is 0. The van der Waals surface area contributed by atoms with Gasteiger partial charge in [-0.3, -0.25) is 14.6 Å². The lowest BCUT2D eigenvalue weighted by Gasteiger charge is -2.31. The number of hydrogen-bond donors (Lipinski definition) is 1. The Bertz CT molecular complexity index is 720. The molecular formula is C16H24N6O2. The Labute approximate surface area is 141 Å². The molecule has 0 radical (unpaired) electrons. The van der Waals surface area contributed by atoms with Gasteiger partial charge in [0.05, 0.1) is 18.8 Å². The number of rotatable bonds is 4. The van der Waals surface area contributed by atoms with E-state index in [1.54, 1.807) is 9.58 Å². The number of ether oxygens (including phenoxy) is 1. The van der Waals surface area contributed by atoms with Crippen LogP contribution < -0.4 is 0 Å². The lowest BCUT2D eigenvalue weighted by atomic mass is 10.1. The zero-order chi connectivity index (χ0) is 17.3. The molecule has 3 rings (SSSR count). The highest BCUT2D eigenvalue weighted by molar-refractivity contribution is 5.92. The summed E-state index contributed by atoms with van der Waals surface area (Å²) in [6.45, 7) is 10.1. The molecule has 1 saturated heterocycles. The van der Waals surface area contributed by atoms with Gasteiger partial charge in [0.25, 0.3) is 5.91 Å². The predicted octanol–water partition coefficient (Wildman–Crippen LogP) is 1.67. The Kier molecular flexibility index (Phi) is 4.66. The van der Waals surface area contributed by atoms with Gasteiger partial charge in [0.1, 0.15) is 17.6 Å². The van der Waals surface area contributed by atoms with E-state index in [2.05, 4.69) is 34.1 Å². The van der Waals surface area contributed by atoms with E-state index < -0.39 is 0 Å². The summed E-state index contributed by atoms with van der Waals surface area (Å²) < 4.78 is 7.51. The monoisotopic (exact) mass is 332 g/mol. The number of H-pyrrole nitrogens is 1. The molecule has 3 heterocycles. The van der Waals surface area contributed by atoms with E-state index in [9.17, 15) is 4.79 Å². The maximum Gasteiger partial charge on any atom is 0.272 e. The van der Waals surface area contributed by atoms with E-state index in [4.69, 9.17) is 4.74 Å². The second-order valence-electron chi connectivity index (χ2n) is 6.31. The van der Waals surface area contributed by atoms with Crippen LogP contribution in [-0.2, 0) is 11.3 Å². The number of amides is 1. The molecule has 1 atom stereocenters. The van der Waals surface area contributed by atoms with Crippen molar-refractivity contribution in [3.05, 3.63) is 29.1 Å². The van der Waals surface area contributed by atoms with Gasteiger partial charge in [-0.05, 0) is 25.8 Å². The maximum absolute atomic E-state index is 13.0. The van der Waals surface area contributed by atoms with E-state index in [0.717, 1.165) is 11.5 Å². The van der Waals surface area contributed by atoms with E-state index in [1.165, 1.54) is 0 Å². The van der Waals surface area contributed by atoms with Gasteiger partial charge >= 0.3 is 0 Å². The molecule has 0 aromatic carbocycles. The smallest absolute Gasteiger partial charge is 0.272 e. The highest BCUT2D eigenvalue weighted by Crippen LogP contribution is 2.22. The Balaban J connectivity index is 1.79. The molecular weight excluding hydrogens is 308 g/mol. The molecule has 1 fully saturated rings. The van der Waals surface area contributed by atoms with Crippen LogP contribution in [0.1, 0.15) is 60.6 Å². The summed E-state index contributed by atoms with van der Waals surface area (Å²) in [5.41, 5.74) is 1.57. The standard InChI is InChI=1S/C16H24N6O2/c1-5-22-13(8-12(20-22)10(2)3)16(23)21-6-7-24-14(9-21)15-17-11(4)18-19-15/h8,10,14H,5-7,9H2,1-4H3,(H,17,18,19)/t14-/m0/s1. The van der Waals surface area contributed by atoms with Crippen molar-refractivity contribution in [2.24, 2.45) is 0 Å². The first-order chi connectivity index (χ1) is 11.5. The van der Waals surface area contributed by atoms with Crippen LogP contribution in [0.5, 0.6) is 0 Å². The van der Waals surface area contributed by atoms with Crippen LogP contribution in [0.3, 0.4) is 0 Å². The lowest BCUT2D eigenvalue weighted by Crippen LogP contribution is -2.43. The summed E-state index contributed by atoms with van der Waals surface area (Å²) in [7, 11) is 0. The van der Waals surface area contributed by atoms with Crippen LogP contribution >= 0.6 is 0 Å². The number of aromatic nitrogens is 5. The number of nitrogens with zero attached hydrogens (tertiary/aromatic N) is 5. The van der Waals surface area contributed by atoms with Crippen molar-refractivity contribution in [3.8, 4) is 0 Å². The fourth-order valence-corrected chi connectivity index (χ4v) is 2.79. The van der Waals surface area contributed by atoms with Gasteiger partial charge in [0.2, 0.25) is 0 Å². The molecule has 8 nitrogen and oxygen atoms in total. The van der Waals surface area contributed by atoms with Crippen LogP contribution in [0.2, 0.25) is 0 Å². The van der Waals surface area contributed by atoms with Crippen LogP contribution in [0.4, 0.5) is 0 Å². The number of aryl methyl sites for hydroxylation is 2. The van der Waals surface area contributed by atoms with Crippen molar-refractivity contribution < 1.29 is 9.53 Å². The topological polar surface area (TPSA) is 88.9 Å². The second-order valence-corrected chi connectivity index (χ2v) is 6.31. The van der Waals surface area contributed by atoms with Crippen LogP contribution in [0.15, 0.2) is 6.07 Å². The summed E-state index contributed by atoms with van der Waals surface area (Å²) in [5.74, 6) is 1.61. The van der Waals surface area contributed by atoms with Crippen LogP contribution in [0, 0.1) is 6.92 Å². The molecule has 1 aliphatic heterocycles. The number of carbonyl (C=O) groups excluding carboxylic acids is 1. The van der Waals surface area contributed by atoms with Crippen molar-refractivity contribution in [2.75, 3.05) is 19.7 Å². The average Bonchev–Trinajstić information content (AvgIpc) is 3.20. The Morgan fingerprint density at radius 3 is 2.92 bits per heavy atom. The molecule has 24 heavy (non-hydrogen) atoms. The molecule has 0 spiro atoms. The zero-order valence-corrected chi connectivity index (χ0v) is 14.6. The number of hydrogen-bond acceptors (Lipinski definition) is 5. The van der Waals surface area contributed by atoms with E-state index >= 15 is 0 Å². The first-order valence-electron chi connectivity index (χ1n) is 8.37. The number of carbonyl (C=O) groups is 1. The van der Waals surface area contributed by atoms with Gasteiger partial charge in [0, 0.05) is 13.1 Å². The highest BCUT2D eigenvalue weighted by Gasteiger charge is 2.30. The molecule has 2 aromatic rings. The summed E-state index contributed by atoms with van der Waals surface area (Å²) in [5, 5.41) is 11.5. The van der Waals surface area contributed by atoms with Gasteiger partial charge in [-0.15, -0.1) is 0 Å². The first-order valence-corrected chi connectivity index (χ1v) is 8.37. The van der Waals surface area contributed by atoms with Crippen molar-refractivity contribution in [2.45, 2.75) is 46.3 Å². The van der Waals surface area contributed by atoms with Crippen molar-refractivity contribution in [1.29, 1.82) is 0 Å². The van der Waals surface area contributed by atoms with Crippen LogP contribution in [-0.4, -0.2) is 55.5 Å². The van der Waals surface area contributed by atoms with Crippen LogP contribution in [0.25, 0.3) is 0 Å².